The van der Waals surface area contributed by atoms with E-state index in [1.165, 1.54) is 25.7 Å². The van der Waals surface area contributed by atoms with Gasteiger partial charge in [0, 0.05) is 11.6 Å². The molecule has 2 aliphatic carbocycles. The number of hydrogen-bond acceptors (Lipinski definition) is 1. The van der Waals surface area contributed by atoms with Gasteiger partial charge in [-0.05, 0) is 38.0 Å². The summed E-state index contributed by atoms with van der Waals surface area (Å²) in [5.74, 6) is 1.69. The number of carbonyl (C=O) groups excluding carboxylic acids is 1. The molecule has 2 saturated carbocycles. The number of carbonyl (C=O) groups is 1. The second kappa shape index (κ2) is 3.17. The van der Waals surface area contributed by atoms with Gasteiger partial charge >= 0.3 is 0 Å². The monoisotopic (exact) mass is 179 g/mol. The SMILES string of the molecule is C=C(C)C(=O)NC1CC2CCC1C2. The van der Waals surface area contributed by atoms with E-state index in [0.29, 0.717) is 11.6 Å². The van der Waals surface area contributed by atoms with Crippen LogP contribution >= 0.6 is 0 Å². The average Bonchev–Trinajstić information content (AvgIpc) is 2.64. The zero-order valence-corrected chi connectivity index (χ0v) is 8.18. The molecule has 1 N–H and O–H groups in total. The lowest BCUT2D eigenvalue weighted by Gasteiger charge is -2.22. The molecule has 3 unspecified atom stereocenters. The van der Waals surface area contributed by atoms with Crippen LogP contribution in [0, 0.1) is 11.8 Å². The van der Waals surface area contributed by atoms with Crippen molar-refractivity contribution in [1.82, 2.24) is 5.32 Å². The van der Waals surface area contributed by atoms with Crippen molar-refractivity contribution in [1.29, 1.82) is 0 Å². The maximum Gasteiger partial charge on any atom is 0.246 e. The van der Waals surface area contributed by atoms with E-state index in [1.807, 2.05) is 0 Å². The Balaban J connectivity index is 1.90. The number of hydrogen-bond donors (Lipinski definition) is 1. The second-order valence-electron chi connectivity index (χ2n) is 4.54. The second-order valence-corrected chi connectivity index (χ2v) is 4.54. The Bertz CT molecular complexity index is 246. The molecular weight excluding hydrogens is 162 g/mol. The van der Waals surface area contributed by atoms with Gasteiger partial charge in [0.2, 0.25) is 5.91 Å². The number of rotatable bonds is 2. The van der Waals surface area contributed by atoms with Gasteiger partial charge in [0.15, 0.2) is 0 Å². The summed E-state index contributed by atoms with van der Waals surface area (Å²) in [6, 6.07) is 0.447. The third kappa shape index (κ3) is 1.62. The predicted molar refractivity (Wildman–Crippen MR) is 52.2 cm³/mol. The first-order valence-corrected chi connectivity index (χ1v) is 5.13. The first-order chi connectivity index (χ1) is 6.16. The van der Waals surface area contributed by atoms with Crippen LogP contribution in [-0.2, 0) is 4.79 Å². The van der Waals surface area contributed by atoms with Crippen LogP contribution in [0.3, 0.4) is 0 Å². The fraction of sp³-hybridized carbons (Fsp3) is 0.727. The first kappa shape index (κ1) is 8.79. The molecule has 2 aliphatic rings. The van der Waals surface area contributed by atoms with E-state index in [4.69, 9.17) is 0 Å². The predicted octanol–water partition coefficient (Wildman–Crippen LogP) is 1.87. The lowest BCUT2D eigenvalue weighted by atomic mass is 9.95. The summed E-state index contributed by atoms with van der Waals surface area (Å²) >= 11 is 0. The quantitative estimate of drug-likeness (QED) is 0.644. The molecule has 3 atom stereocenters. The van der Waals surface area contributed by atoms with Gasteiger partial charge < -0.3 is 5.32 Å². The Hall–Kier alpha value is -0.790. The summed E-state index contributed by atoms with van der Waals surface area (Å²) in [6.45, 7) is 5.41. The Morgan fingerprint density at radius 2 is 2.15 bits per heavy atom. The molecule has 72 valence electrons. The molecule has 0 saturated heterocycles. The molecule has 2 bridgehead atoms. The maximum absolute atomic E-state index is 11.4. The van der Waals surface area contributed by atoms with Crippen molar-refractivity contribution >= 4 is 5.91 Å². The van der Waals surface area contributed by atoms with Gasteiger partial charge in [-0.25, -0.2) is 0 Å². The molecule has 13 heavy (non-hydrogen) atoms. The summed E-state index contributed by atoms with van der Waals surface area (Å²) < 4.78 is 0. The Labute approximate surface area is 79.4 Å². The van der Waals surface area contributed by atoms with Crippen molar-refractivity contribution in [3.05, 3.63) is 12.2 Å². The molecule has 0 spiro atoms. The van der Waals surface area contributed by atoms with Crippen LogP contribution in [0.1, 0.15) is 32.6 Å². The number of nitrogens with one attached hydrogen (secondary N) is 1. The van der Waals surface area contributed by atoms with E-state index in [9.17, 15) is 4.79 Å². The average molecular weight is 179 g/mol. The van der Waals surface area contributed by atoms with Gasteiger partial charge in [0.25, 0.3) is 0 Å². The molecule has 0 aromatic carbocycles. The van der Waals surface area contributed by atoms with Gasteiger partial charge in [-0.2, -0.15) is 0 Å². The largest absolute Gasteiger partial charge is 0.349 e. The Kier molecular flexibility index (Phi) is 2.14. The Morgan fingerprint density at radius 3 is 2.62 bits per heavy atom. The van der Waals surface area contributed by atoms with E-state index >= 15 is 0 Å². The molecule has 2 rings (SSSR count). The van der Waals surface area contributed by atoms with Crippen LogP contribution in [0.5, 0.6) is 0 Å². The molecule has 0 heterocycles. The molecule has 1 amide bonds. The molecule has 0 aromatic heterocycles. The highest BCUT2D eigenvalue weighted by molar-refractivity contribution is 5.92. The normalized spacial score (nSPS) is 36.2. The third-order valence-corrected chi connectivity index (χ3v) is 3.44. The van der Waals surface area contributed by atoms with Crippen molar-refractivity contribution in [3.8, 4) is 0 Å². The van der Waals surface area contributed by atoms with E-state index in [1.54, 1.807) is 6.92 Å². The van der Waals surface area contributed by atoms with Crippen molar-refractivity contribution in [2.45, 2.75) is 38.6 Å². The number of amides is 1. The van der Waals surface area contributed by atoms with E-state index in [0.717, 1.165) is 11.8 Å². The van der Waals surface area contributed by atoms with Crippen LogP contribution in [0.2, 0.25) is 0 Å². The minimum atomic E-state index is 0.0394. The highest BCUT2D eigenvalue weighted by Crippen LogP contribution is 2.44. The van der Waals surface area contributed by atoms with Gasteiger partial charge in [-0.3, -0.25) is 4.79 Å². The molecule has 0 radical (unpaired) electrons. The van der Waals surface area contributed by atoms with Crippen molar-refractivity contribution in [2.24, 2.45) is 11.8 Å². The maximum atomic E-state index is 11.4. The molecule has 2 nitrogen and oxygen atoms in total. The van der Waals surface area contributed by atoms with Crippen molar-refractivity contribution in [2.75, 3.05) is 0 Å². The van der Waals surface area contributed by atoms with Gasteiger partial charge in [0.1, 0.15) is 0 Å². The summed E-state index contributed by atoms with van der Waals surface area (Å²) in [6.07, 6.45) is 5.22. The van der Waals surface area contributed by atoms with Crippen molar-refractivity contribution in [3.63, 3.8) is 0 Å². The summed E-state index contributed by atoms with van der Waals surface area (Å²) in [5, 5.41) is 3.07. The van der Waals surface area contributed by atoms with Gasteiger partial charge in [0.05, 0.1) is 0 Å². The molecule has 0 aliphatic heterocycles. The zero-order chi connectivity index (χ0) is 9.42. The minimum Gasteiger partial charge on any atom is -0.349 e. The zero-order valence-electron chi connectivity index (χ0n) is 8.18. The molecular formula is C11H17NO. The van der Waals surface area contributed by atoms with Gasteiger partial charge in [-0.1, -0.05) is 13.0 Å². The smallest absolute Gasteiger partial charge is 0.246 e. The highest BCUT2D eigenvalue weighted by atomic mass is 16.1. The van der Waals surface area contributed by atoms with E-state index < -0.39 is 0 Å². The van der Waals surface area contributed by atoms with E-state index in [-0.39, 0.29) is 5.91 Å². The standard InChI is InChI=1S/C11H17NO/c1-7(2)11(13)12-10-6-8-3-4-9(10)5-8/h8-10H,1,3-6H2,2H3,(H,12,13). The fourth-order valence-electron chi connectivity index (χ4n) is 2.71. The molecule has 2 heteroatoms. The lowest BCUT2D eigenvalue weighted by Crippen LogP contribution is -2.38. The van der Waals surface area contributed by atoms with Gasteiger partial charge in [-0.15, -0.1) is 0 Å². The lowest BCUT2D eigenvalue weighted by molar-refractivity contribution is -0.118. The number of fused-ring (bicyclic) bond motifs is 2. The van der Waals surface area contributed by atoms with Crippen LogP contribution in [0.25, 0.3) is 0 Å². The van der Waals surface area contributed by atoms with Crippen LogP contribution in [0.4, 0.5) is 0 Å². The van der Waals surface area contributed by atoms with Crippen LogP contribution < -0.4 is 5.32 Å². The topological polar surface area (TPSA) is 29.1 Å². The highest BCUT2D eigenvalue weighted by Gasteiger charge is 2.39. The van der Waals surface area contributed by atoms with E-state index in [2.05, 4.69) is 11.9 Å². The van der Waals surface area contributed by atoms with Crippen molar-refractivity contribution < 1.29 is 4.79 Å². The fourth-order valence-corrected chi connectivity index (χ4v) is 2.71. The minimum absolute atomic E-state index is 0.0394. The molecule has 0 aromatic rings. The Morgan fingerprint density at radius 1 is 1.38 bits per heavy atom. The van der Waals surface area contributed by atoms with Crippen LogP contribution in [0.15, 0.2) is 12.2 Å². The third-order valence-electron chi connectivity index (χ3n) is 3.44. The van der Waals surface area contributed by atoms with Crippen LogP contribution in [-0.4, -0.2) is 11.9 Å². The first-order valence-electron chi connectivity index (χ1n) is 5.13. The molecule has 2 fully saturated rings. The summed E-state index contributed by atoms with van der Waals surface area (Å²) in [5.41, 5.74) is 0.628. The summed E-state index contributed by atoms with van der Waals surface area (Å²) in [4.78, 5) is 11.4. The summed E-state index contributed by atoms with van der Waals surface area (Å²) in [7, 11) is 0.